The highest BCUT2D eigenvalue weighted by molar-refractivity contribution is 7.99. The van der Waals surface area contributed by atoms with Crippen molar-refractivity contribution in [1.29, 1.82) is 0 Å². The van der Waals surface area contributed by atoms with Crippen LogP contribution in [0, 0.1) is 0 Å². The molecule has 24 heavy (non-hydrogen) atoms. The summed E-state index contributed by atoms with van der Waals surface area (Å²) in [7, 11) is 1.66. The van der Waals surface area contributed by atoms with Gasteiger partial charge in [0.25, 0.3) is 0 Å². The molecule has 0 saturated carbocycles. The number of nitrogens with zero attached hydrogens (tertiary/aromatic N) is 1. The van der Waals surface area contributed by atoms with Crippen molar-refractivity contribution in [2.45, 2.75) is 19.0 Å². The monoisotopic (exact) mass is 352 g/mol. The van der Waals surface area contributed by atoms with E-state index >= 15 is 0 Å². The van der Waals surface area contributed by atoms with E-state index in [1.807, 2.05) is 34.9 Å². The van der Waals surface area contributed by atoms with Gasteiger partial charge in [0, 0.05) is 50.7 Å². The Hall–Kier alpha value is -1.44. The van der Waals surface area contributed by atoms with Crippen LogP contribution in [0.25, 0.3) is 0 Å². The van der Waals surface area contributed by atoms with Gasteiger partial charge >= 0.3 is 0 Å². The summed E-state index contributed by atoms with van der Waals surface area (Å²) in [6.45, 7) is 2.91. The molecule has 6 nitrogen and oxygen atoms in total. The zero-order valence-corrected chi connectivity index (χ0v) is 14.8. The molecular weight excluding hydrogens is 328 g/mol. The number of ether oxygens (including phenoxy) is 3. The highest BCUT2D eigenvalue weighted by Crippen LogP contribution is 2.32. The van der Waals surface area contributed by atoms with Crippen molar-refractivity contribution in [3.05, 3.63) is 23.8 Å². The topological polar surface area (TPSA) is 60.0 Å². The van der Waals surface area contributed by atoms with Crippen LogP contribution in [-0.2, 0) is 16.1 Å². The van der Waals surface area contributed by atoms with Crippen molar-refractivity contribution in [2.24, 2.45) is 0 Å². The third-order valence-corrected chi connectivity index (χ3v) is 5.28. The molecule has 1 unspecified atom stereocenters. The number of thioether (sulfide) groups is 1. The number of hydrogen-bond acceptors (Lipinski definition) is 6. The number of amides is 1. The fourth-order valence-electron chi connectivity index (χ4n) is 2.84. The van der Waals surface area contributed by atoms with E-state index in [9.17, 15) is 4.79 Å². The third-order valence-electron chi connectivity index (χ3n) is 4.15. The molecule has 7 heteroatoms. The summed E-state index contributed by atoms with van der Waals surface area (Å²) in [6.07, 6.45) is 0.529. The van der Waals surface area contributed by atoms with Gasteiger partial charge in [-0.2, -0.15) is 11.8 Å². The molecule has 1 N–H and O–H groups in total. The van der Waals surface area contributed by atoms with Crippen LogP contribution in [-0.4, -0.2) is 62.0 Å². The number of methoxy groups -OCH3 is 1. The summed E-state index contributed by atoms with van der Waals surface area (Å²) in [5, 5.41) is 3.42. The number of nitrogens with one attached hydrogen (secondary N) is 1. The standard InChI is InChI=1S/C17H24N2O4S/c1-21-6-5-19(17(20)9-14-11-24-7-4-18-14)10-13-2-3-15-16(8-13)23-12-22-15/h2-3,8,14,18H,4-7,9-12H2,1H3. The average molecular weight is 352 g/mol. The molecule has 0 spiro atoms. The maximum Gasteiger partial charge on any atom is 0.231 e. The minimum atomic E-state index is 0.157. The van der Waals surface area contributed by atoms with Gasteiger partial charge in [-0.1, -0.05) is 6.07 Å². The summed E-state index contributed by atoms with van der Waals surface area (Å²) in [6, 6.07) is 6.09. The first-order chi connectivity index (χ1) is 11.8. The van der Waals surface area contributed by atoms with Crippen molar-refractivity contribution in [2.75, 3.05) is 45.1 Å². The Morgan fingerprint density at radius 1 is 1.42 bits per heavy atom. The van der Waals surface area contributed by atoms with Crippen LogP contribution >= 0.6 is 11.8 Å². The van der Waals surface area contributed by atoms with Crippen molar-refractivity contribution in [3.8, 4) is 11.5 Å². The van der Waals surface area contributed by atoms with Crippen molar-refractivity contribution < 1.29 is 19.0 Å². The molecule has 0 bridgehead atoms. The first-order valence-corrected chi connectivity index (χ1v) is 9.38. The number of benzene rings is 1. The first kappa shape index (κ1) is 17.4. The molecule has 132 valence electrons. The van der Waals surface area contributed by atoms with E-state index in [0.717, 1.165) is 35.1 Å². The average Bonchev–Trinajstić information content (AvgIpc) is 3.07. The zero-order valence-electron chi connectivity index (χ0n) is 14.0. The van der Waals surface area contributed by atoms with E-state index in [1.165, 1.54) is 0 Å². The Morgan fingerprint density at radius 2 is 2.29 bits per heavy atom. The highest BCUT2D eigenvalue weighted by atomic mass is 32.2. The predicted molar refractivity (Wildman–Crippen MR) is 93.6 cm³/mol. The highest BCUT2D eigenvalue weighted by Gasteiger charge is 2.22. The Morgan fingerprint density at radius 3 is 3.08 bits per heavy atom. The second kappa shape index (κ2) is 8.60. The number of rotatable bonds is 7. The van der Waals surface area contributed by atoms with E-state index in [0.29, 0.717) is 26.1 Å². The lowest BCUT2D eigenvalue weighted by Crippen LogP contribution is -2.43. The van der Waals surface area contributed by atoms with Crippen LogP contribution in [0.2, 0.25) is 0 Å². The summed E-state index contributed by atoms with van der Waals surface area (Å²) >= 11 is 1.90. The molecule has 1 aromatic carbocycles. The van der Waals surface area contributed by atoms with Crippen LogP contribution in [0.3, 0.4) is 0 Å². The molecule has 0 aliphatic carbocycles. The van der Waals surface area contributed by atoms with Crippen molar-refractivity contribution in [1.82, 2.24) is 10.2 Å². The Bertz CT molecular complexity index is 564. The number of carbonyl (C=O) groups excluding carboxylic acids is 1. The van der Waals surface area contributed by atoms with E-state index < -0.39 is 0 Å². The van der Waals surface area contributed by atoms with Crippen molar-refractivity contribution >= 4 is 17.7 Å². The maximum absolute atomic E-state index is 12.7. The van der Waals surface area contributed by atoms with Gasteiger partial charge in [0.15, 0.2) is 11.5 Å². The second-order valence-electron chi connectivity index (χ2n) is 5.93. The fraction of sp³-hybridized carbons (Fsp3) is 0.588. The van der Waals surface area contributed by atoms with Gasteiger partial charge in [-0.05, 0) is 17.7 Å². The van der Waals surface area contributed by atoms with Crippen LogP contribution in [0.15, 0.2) is 18.2 Å². The van der Waals surface area contributed by atoms with E-state index in [2.05, 4.69) is 5.32 Å². The molecular formula is C17H24N2O4S. The Balaban J connectivity index is 1.62. The Labute approximate surface area is 146 Å². The van der Waals surface area contributed by atoms with Crippen LogP contribution in [0.5, 0.6) is 11.5 Å². The van der Waals surface area contributed by atoms with E-state index in [4.69, 9.17) is 14.2 Å². The molecule has 1 amide bonds. The smallest absolute Gasteiger partial charge is 0.231 e. The van der Waals surface area contributed by atoms with Crippen LogP contribution < -0.4 is 14.8 Å². The van der Waals surface area contributed by atoms with Crippen molar-refractivity contribution in [3.63, 3.8) is 0 Å². The normalized spacial score (nSPS) is 19.3. The lowest BCUT2D eigenvalue weighted by Gasteiger charge is -2.27. The maximum atomic E-state index is 12.7. The largest absolute Gasteiger partial charge is 0.454 e. The molecule has 0 radical (unpaired) electrons. The molecule has 1 aromatic rings. The minimum Gasteiger partial charge on any atom is -0.454 e. The van der Waals surface area contributed by atoms with Gasteiger partial charge in [-0.15, -0.1) is 0 Å². The van der Waals surface area contributed by atoms with E-state index in [-0.39, 0.29) is 18.7 Å². The number of hydrogen-bond donors (Lipinski definition) is 1. The summed E-state index contributed by atoms with van der Waals surface area (Å²) in [4.78, 5) is 14.6. The van der Waals surface area contributed by atoms with Crippen LogP contribution in [0.1, 0.15) is 12.0 Å². The summed E-state index contributed by atoms with van der Waals surface area (Å²) < 4.78 is 15.9. The lowest BCUT2D eigenvalue weighted by molar-refractivity contribution is -0.132. The summed E-state index contributed by atoms with van der Waals surface area (Å²) in [5.41, 5.74) is 1.04. The van der Waals surface area contributed by atoms with Gasteiger partial charge in [-0.3, -0.25) is 4.79 Å². The molecule has 2 aliphatic heterocycles. The van der Waals surface area contributed by atoms with Crippen LogP contribution in [0.4, 0.5) is 0 Å². The molecule has 2 aliphatic rings. The first-order valence-electron chi connectivity index (χ1n) is 8.22. The SMILES string of the molecule is COCCN(Cc1ccc2c(c1)OCO2)C(=O)CC1CSCCN1. The van der Waals surface area contributed by atoms with Gasteiger partial charge in [0.2, 0.25) is 12.7 Å². The minimum absolute atomic E-state index is 0.157. The predicted octanol–water partition coefficient (Wildman–Crippen LogP) is 1.49. The molecule has 2 heterocycles. The van der Waals surface area contributed by atoms with Gasteiger partial charge in [0.05, 0.1) is 6.61 Å². The molecule has 3 rings (SSSR count). The molecule has 1 saturated heterocycles. The second-order valence-corrected chi connectivity index (χ2v) is 7.08. The molecule has 1 fully saturated rings. The Kier molecular flexibility index (Phi) is 6.23. The fourth-order valence-corrected chi connectivity index (χ4v) is 3.79. The summed E-state index contributed by atoms with van der Waals surface area (Å²) in [5.74, 6) is 3.78. The molecule has 1 atom stereocenters. The quantitative estimate of drug-likeness (QED) is 0.802. The zero-order chi connectivity index (χ0) is 16.8. The van der Waals surface area contributed by atoms with Gasteiger partial charge < -0.3 is 24.4 Å². The van der Waals surface area contributed by atoms with E-state index in [1.54, 1.807) is 7.11 Å². The number of fused-ring (bicyclic) bond motifs is 1. The number of carbonyl (C=O) groups is 1. The lowest BCUT2D eigenvalue weighted by atomic mass is 10.1. The third kappa shape index (κ3) is 4.55. The van der Waals surface area contributed by atoms with Gasteiger partial charge in [-0.25, -0.2) is 0 Å². The van der Waals surface area contributed by atoms with Gasteiger partial charge in [0.1, 0.15) is 0 Å². The molecule has 0 aromatic heterocycles.